The second kappa shape index (κ2) is 5.61. The monoisotopic (exact) mass is 165 g/mol. The zero-order valence-electron chi connectivity index (χ0n) is 7.28. The summed E-state index contributed by atoms with van der Waals surface area (Å²) < 4.78 is 7.46. The number of nitrogens with zero attached hydrogens (tertiary/aromatic N) is 1. The Balaban J connectivity index is 2.00. The smallest absolute Gasteiger partial charge is 0.0645 e. The van der Waals surface area contributed by atoms with Gasteiger partial charge in [-0.15, -0.1) is 6.58 Å². The van der Waals surface area contributed by atoms with Crippen molar-refractivity contribution in [2.75, 3.05) is 13.2 Å². The van der Waals surface area contributed by atoms with E-state index in [-0.39, 0.29) is 0 Å². The molecule has 66 valence electrons. The molecule has 0 aliphatic heterocycles. The van der Waals surface area contributed by atoms with Crippen molar-refractivity contribution in [3.8, 4) is 0 Å². The van der Waals surface area contributed by atoms with E-state index in [0.717, 1.165) is 26.2 Å². The lowest BCUT2D eigenvalue weighted by Gasteiger charge is -2.03. The summed E-state index contributed by atoms with van der Waals surface area (Å²) in [6.07, 6.45) is 6.88. The molecule has 0 aliphatic carbocycles. The quantitative estimate of drug-likeness (QED) is 0.465. The minimum atomic E-state index is 0.780. The van der Waals surface area contributed by atoms with Crippen molar-refractivity contribution >= 4 is 0 Å². The third kappa shape index (κ3) is 3.39. The minimum absolute atomic E-state index is 0.780. The molecule has 0 bridgehead atoms. The van der Waals surface area contributed by atoms with E-state index in [1.165, 1.54) is 0 Å². The van der Waals surface area contributed by atoms with Crippen LogP contribution in [0.4, 0.5) is 0 Å². The van der Waals surface area contributed by atoms with E-state index in [4.69, 9.17) is 4.74 Å². The normalized spacial score (nSPS) is 10.0. The molecule has 0 spiro atoms. The van der Waals surface area contributed by atoms with E-state index >= 15 is 0 Å². The Morgan fingerprint density at radius 3 is 2.67 bits per heavy atom. The lowest BCUT2D eigenvalue weighted by atomic mass is 10.4. The standard InChI is InChI=1S/C10H15NO/c1-2-3-9-12-10-8-11-6-4-5-7-11/h2,4-7H,1,3,8-10H2. The van der Waals surface area contributed by atoms with Crippen molar-refractivity contribution in [1.29, 1.82) is 0 Å². The summed E-state index contributed by atoms with van der Waals surface area (Å²) in [7, 11) is 0. The molecule has 0 saturated heterocycles. The van der Waals surface area contributed by atoms with Crippen molar-refractivity contribution in [3.05, 3.63) is 37.2 Å². The molecule has 1 heterocycles. The molecule has 2 heteroatoms. The van der Waals surface area contributed by atoms with Crippen molar-refractivity contribution in [2.45, 2.75) is 13.0 Å². The predicted octanol–water partition coefficient (Wildman–Crippen LogP) is 2.08. The van der Waals surface area contributed by atoms with E-state index in [1.807, 2.05) is 30.6 Å². The minimum Gasteiger partial charge on any atom is -0.379 e. The van der Waals surface area contributed by atoms with Gasteiger partial charge in [0.1, 0.15) is 0 Å². The van der Waals surface area contributed by atoms with Crippen LogP contribution in [0.5, 0.6) is 0 Å². The summed E-state index contributed by atoms with van der Waals surface area (Å²) in [5, 5.41) is 0. The third-order valence-corrected chi connectivity index (χ3v) is 1.63. The Bertz CT molecular complexity index is 204. The van der Waals surface area contributed by atoms with E-state index in [2.05, 4.69) is 11.1 Å². The topological polar surface area (TPSA) is 14.2 Å². The molecule has 2 nitrogen and oxygen atoms in total. The largest absolute Gasteiger partial charge is 0.379 e. The SMILES string of the molecule is C=CCCOCCn1cccc1. The summed E-state index contributed by atoms with van der Waals surface area (Å²) in [6, 6.07) is 4.04. The number of hydrogen-bond donors (Lipinski definition) is 0. The Hall–Kier alpha value is -1.02. The zero-order chi connectivity index (χ0) is 8.65. The number of aromatic nitrogens is 1. The van der Waals surface area contributed by atoms with Crippen molar-refractivity contribution in [2.24, 2.45) is 0 Å². The Kier molecular flexibility index (Phi) is 4.24. The van der Waals surface area contributed by atoms with Gasteiger partial charge in [0, 0.05) is 18.9 Å². The van der Waals surface area contributed by atoms with Gasteiger partial charge < -0.3 is 9.30 Å². The zero-order valence-corrected chi connectivity index (χ0v) is 7.28. The number of ether oxygens (including phenoxy) is 1. The lowest BCUT2D eigenvalue weighted by Crippen LogP contribution is -2.04. The molecule has 0 N–H and O–H groups in total. The van der Waals surface area contributed by atoms with Gasteiger partial charge in [-0.1, -0.05) is 6.08 Å². The van der Waals surface area contributed by atoms with Crippen LogP contribution in [0.2, 0.25) is 0 Å². The highest BCUT2D eigenvalue weighted by Crippen LogP contribution is 1.90. The van der Waals surface area contributed by atoms with E-state index in [9.17, 15) is 0 Å². The summed E-state index contributed by atoms with van der Waals surface area (Å²) in [6.45, 7) is 6.12. The molecule has 1 aromatic rings. The first kappa shape index (κ1) is 9.07. The highest BCUT2D eigenvalue weighted by Gasteiger charge is 1.88. The lowest BCUT2D eigenvalue weighted by molar-refractivity contribution is 0.130. The van der Waals surface area contributed by atoms with Gasteiger partial charge in [0.15, 0.2) is 0 Å². The van der Waals surface area contributed by atoms with E-state index in [1.54, 1.807) is 0 Å². The van der Waals surface area contributed by atoms with Crippen LogP contribution < -0.4 is 0 Å². The van der Waals surface area contributed by atoms with E-state index in [0.29, 0.717) is 0 Å². The molecule has 12 heavy (non-hydrogen) atoms. The van der Waals surface area contributed by atoms with Gasteiger partial charge in [-0.2, -0.15) is 0 Å². The first-order valence-electron chi connectivity index (χ1n) is 4.23. The third-order valence-electron chi connectivity index (χ3n) is 1.63. The van der Waals surface area contributed by atoms with Gasteiger partial charge in [0.25, 0.3) is 0 Å². The number of rotatable bonds is 6. The van der Waals surface area contributed by atoms with Crippen LogP contribution >= 0.6 is 0 Å². The molecular weight excluding hydrogens is 150 g/mol. The van der Waals surface area contributed by atoms with Crippen LogP contribution in [0.15, 0.2) is 37.2 Å². The average molecular weight is 165 g/mol. The van der Waals surface area contributed by atoms with E-state index < -0.39 is 0 Å². The molecular formula is C10H15NO. The van der Waals surface area contributed by atoms with Gasteiger partial charge in [0.2, 0.25) is 0 Å². The molecule has 0 unspecified atom stereocenters. The molecule has 0 aliphatic rings. The molecule has 1 aromatic heterocycles. The molecule has 0 amide bonds. The fourth-order valence-electron chi connectivity index (χ4n) is 0.958. The first-order chi connectivity index (χ1) is 5.93. The molecule has 0 atom stereocenters. The summed E-state index contributed by atoms with van der Waals surface area (Å²) in [5.41, 5.74) is 0. The maximum Gasteiger partial charge on any atom is 0.0645 e. The highest BCUT2D eigenvalue weighted by atomic mass is 16.5. The van der Waals surface area contributed by atoms with Gasteiger partial charge in [-0.3, -0.25) is 0 Å². The van der Waals surface area contributed by atoms with Crippen LogP contribution in [-0.2, 0) is 11.3 Å². The summed E-state index contributed by atoms with van der Waals surface area (Å²) in [5.74, 6) is 0. The van der Waals surface area contributed by atoms with Crippen LogP contribution in [0.3, 0.4) is 0 Å². The molecule has 0 saturated carbocycles. The molecule has 0 aromatic carbocycles. The van der Waals surface area contributed by atoms with Crippen LogP contribution in [0.1, 0.15) is 6.42 Å². The van der Waals surface area contributed by atoms with Gasteiger partial charge >= 0.3 is 0 Å². The van der Waals surface area contributed by atoms with Crippen LogP contribution in [0, 0.1) is 0 Å². The van der Waals surface area contributed by atoms with Gasteiger partial charge in [-0.25, -0.2) is 0 Å². The fourth-order valence-corrected chi connectivity index (χ4v) is 0.958. The Labute approximate surface area is 73.5 Å². The highest BCUT2D eigenvalue weighted by molar-refractivity contribution is 4.89. The van der Waals surface area contributed by atoms with Crippen molar-refractivity contribution in [3.63, 3.8) is 0 Å². The van der Waals surface area contributed by atoms with Crippen LogP contribution in [0.25, 0.3) is 0 Å². The summed E-state index contributed by atoms with van der Waals surface area (Å²) >= 11 is 0. The fraction of sp³-hybridized carbons (Fsp3) is 0.400. The van der Waals surface area contributed by atoms with Crippen molar-refractivity contribution in [1.82, 2.24) is 4.57 Å². The maximum atomic E-state index is 5.36. The molecule has 0 fully saturated rings. The van der Waals surface area contributed by atoms with Gasteiger partial charge in [-0.05, 0) is 18.6 Å². The summed E-state index contributed by atoms with van der Waals surface area (Å²) in [4.78, 5) is 0. The first-order valence-corrected chi connectivity index (χ1v) is 4.23. The second-order valence-electron chi connectivity index (χ2n) is 2.61. The van der Waals surface area contributed by atoms with Gasteiger partial charge in [0.05, 0.1) is 13.2 Å². The molecule has 0 radical (unpaired) electrons. The average Bonchev–Trinajstić information content (AvgIpc) is 2.57. The van der Waals surface area contributed by atoms with Crippen molar-refractivity contribution < 1.29 is 4.74 Å². The molecule has 1 rings (SSSR count). The maximum absolute atomic E-state index is 5.36. The second-order valence-corrected chi connectivity index (χ2v) is 2.61. The predicted molar refractivity (Wildman–Crippen MR) is 50.1 cm³/mol. The Morgan fingerprint density at radius 2 is 2.00 bits per heavy atom. The Morgan fingerprint density at radius 1 is 1.25 bits per heavy atom. The number of hydrogen-bond acceptors (Lipinski definition) is 1. The van der Waals surface area contributed by atoms with Crippen LogP contribution in [-0.4, -0.2) is 17.8 Å².